The summed E-state index contributed by atoms with van der Waals surface area (Å²) in [7, 11) is 0. The lowest BCUT2D eigenvalue weighted by Crippen LogP contribution is -2.23. The minimum absolute atomic E-state index is 0.510. The Bertz CT molecular complexity index is 1080. The van der Waals surface area contributed by atoms with Crippen molar-refractivity contribution < 1.29 is 0 Å². The highest BCUT2D eigenvalue weighted by Gasteiger charge is 2.03. The average Bonchev–Trinajstić information content (AvgIpc) is 2.87. The molecule has 3 aromatic rings. The van der Waals surface area contributed by atoms with Crippen molar-refractivity contribution in [1.29, 1.82) is 5.26 Å². The molecule has 0 heterocycles. The van der Waals surface area contributed by atoms with Crippen LogP contribution in [-0.4, -0.2) is 13.1 Å². The molecule has 0 N–H and O–H groups in total. The van der Waals surface area contributed by atoms with Crippen molar-refractivity contribution >= 4 is 28.4 Å². The van der Waals surface area contributed by atoms with Crippen LogP contribution in [0.2, 0.25) is 0 Å². The first-order chi connectivity index (χ1) is 16.2. The fourth-order valence-electron chi connectivity index (χ4n) is 3.31. The van der Waals surface area contributed by atoms with Gasteiger partial charge in [-0.15, -0.1) is 0 Å². The topological polar surface area (TPSA) is 76.5 Å². The van der Waals surface area contributed by atoms with Gasteiger partial charge < -0.3 is 4.90 Å². The summed E-state index contributed by atoms with van der Waals surface area (Å²) in [4.78, 5) is 2.16. The van der Waals surface area contributed by atoms with Crippen molar-refractivity contribution in [3.8, 4) is 6.07 Å². The van der Waals surface area contributed by atoms with E-state index in [1.165, 1.54) is 18.4 Å². The number of benzene rings is 3. The molecule has 0 amide bonds. The zero-order valence-corrected chi connectivity index (χ0v) is 19.4. The molecule has 0 aromatic heterocycles. The second-order valence-electron chi connectivity index (χ2n) is 7.69. The molecular weight excluding hydrogens is 408 g/mol. The predicted molar refractivity (Wildman–Crippen MR) is 134 cm³/mol. The highest BCUT2D eigenvalue weighted by atomic mass is 15.1. The van der Waals surface area contributed by atoms with Crippen LogP contribution in [0, 0.1) is 11.3 Å². The fourth-order valence-corrected chi connectivity index (χ4v) is 3.31. The van der Waals surface area contributed by atoms with Gasteiger partial charge >= 0.3 is 0 Å². The average molecular weight is 439 g/mol. The Labute approximate surface area is 196 Å². The van der Waals surface area contributed by atoms with E-state index in [0.717, 1.165) is 47.9 Å². The first-order valence-corrected chi connectivity index (χ1v) is 11.5. The molecule has 33 heavy (non-hydrogen) atoms. The molecule has 3 rings (SSSR count). The number of anilines is 1. The number of azo groups is 2. The number of nitriles is 1. The van der Waals surface area contributed by atoms with E-state index in [1.54, 1.807) is 0 Å². The molecule has 6 nitrogen and oxygen atoms in total. The summed E-state index contributed by atoms with van der Waals surface area (Å²) in [6, 6.07) is 25.8. The molecular formula is C27H30N6. The number of hydrogen-bond donors (Lipinski definition) is 0. The Morgan fingerprint density at radius 1 is 0.697 bits per heavy atom. The van der Waals surface area contributed by atoms with E-state index in [2.05, 4.69) is 57.4 Å². The van der Waals surface area contributed by atoms with Gasteiger partial charge in [-0.05, 0) is 86.0 Å². The Morgan fingerprint density at radius 2 is 1.15 bits per heavy atom. The fraction of sp³-hybridized carbons (Fsp3) is 0.296. The summed E-state index contributed by atoms with van der Waals surface area (Å²) >= 11 is 0. The van der Waals surface area contributed by atoms with Crippen LogP contribution in [0.4, 0.5) is 28.4 Å². The zero-order chi connectivity index (χ0) is 23.3. The number of nitrogens with zero attached hydrogens (tertiary/aromatic N) is 6. The minimum Gasteiger partial charge on any atom is -0.371 e. The van der Waals surface area contributed by atoms with Crippen LogP contribution in [0.3, 0.4) is 0 Å². The van der Waals surface area contributed by atoms with E-state index in [1.807, 2.05) is 60.7 Å². The van der Waals surface area contributed by atoms with Gasteiger partial charge in [-0.2, -0.15) is 25.7 Å². The Morgan fingerprint density at radius 3 is 1.58 bits per heavy atom. The lowest BCUT2D eigenvalue weighted by molar-refractivity contribution is 0.795. The summed E-state index contributed by atoms with van der Waals surface area (Å²) in [5.74, 6) is 0. The van der Waals surface area contributed by atoms with Gasteiger partial charge in [-0.1, -0.05) is 25.5 Å². The number of hydrogen-bond acceptors (Lipinski definition) is 6. The maximum absolute atomic E-state index is 8.80. The van der Waals surface area contributed by atoms with Gasteiger partial charge in [-0.3, -0.25) is 0 Å². The number of unbranched alkanes of at least 4 members (excludes halogenated alkanes) is 1. The molecule has 0 aliphatic carbocycles. The molecule has 0 bridgehead atoms. The number of rotatable bonds is 11. The van der Waals surface area contributed by atoms with Crippen LogP contribution >= 0.6 is 0 Å². The first kappa shape index (κ1) is 23.8. The minimum atomic E-state index is 0.510. The molecule has 168 valence electrons. The van der Waals surface area contributed by atoms with Crippen LogP contribution in [0.25, 0.3) is 0 Å². The molecule has 0 saturated carbocycles. The van der Waals surface area contributed by atoms with Gasteiger partial charge in [0.15, 0.2) is 0 Å². The standard InChI is InChI=1S/C27H30N6/c1-3-5-7-22-8-10-23(11-9-22)29-30-24-12-14-25(15-13-24)31-32-26-16-18-27(19-17-26)33(4-2)21-6-20-28/h8-19H,3-7,21H2,1-2H3. The quantitative estimate of drug-likeness (QED) is 0.281. The van der Waals surface area contributed by atoms with Gasteiger partial charge in [0.25, 0.3) is 0 Å². The number of aryl methyl sites for hydroxylation is 1. The summed E-state index contributed by atoms with van der Waals surface area (Å²) in [5, 5.41) is 26.1. The first-order valence-electron chi connectivity index (χ1n) is 11.5. The third-order valence-electron chi connectivity index (χ3n) is 5.26. The lowest BCUT2D eigenvalue weighted by atomic mass is 10.1. The van der Waals surface area contributed by atoms with Crippen molar-refractivity contribution in [1.82, 2.24) is 0 Å². The van der Waals surface area contributed by atoms with E-state index in [-0.39, 0.29) is 0 Å². The predicted octanol–water partition coefficient (Wildman–Crippen LogP) is 8.60. The smallest absolute Gasteiger partial charge is 0.0858 e. The van der Waals surface area contributed by atoms with Crippen LogP contribution in [0.1, 0.15) is 38.7 Å². The third-order valence-corrected chi connectivity index (χ3v) is 5.26. The normalized spacial score (nSPS) is 11.2. The van der Waals surface area contributed by atoms with Crippen LogP contribution < -0.4 is 4.90 Å². The second-order valence-corrected chi connectivity index (χ2v) is 7.69. The molecule has 0 fully saturated rings. The summed E-state index contributed by atoms with van der Waals surface area (Å²) in [5.41, 5.74) is 5.56. The van der Waals surface area contributed by atoms with Gasteiger partial charge in [0, 0.05) is 18.8 Å². The van der Waals surface area contributed by atoms with Crippen molar-refractivity contribution in [3.63, 3.8) is 0 Å². The van der Waals surface area contributed by atoms with Crippen molar-refractivity contribution in [3.05, 3.63) is 78.4 Å². The SMILES string of the molecule is CCCCc1ccc(N=Nc2ccc(N=Nc3ccc(N(CC)CCC#N)cc3)cc2)cc1. The van der Waals surface area contributed by atoms with E-state index >= 15 is 0 Å². The Hall–Kier alpha value is -3.85. The second kappa shape index (κ2) is 12.9. The third kappa shape index (κ3) is 7.65. The molecule has 0 aliphatic heterocycles. The highest BCUT2D eigenvalue weighted by Crippen LogP contribution is 2.25. The van der Waals surface area contributed by atoms with E-state index in [0.29, 0.717) is 6.42 Å². The molecule has 0 spiro atoms. The molecule has 0 atom stereocenters. The van der Waals surface area contributed by atoms with E-state index in [9.17, 15) is 0 Å². The molecule has 6 heteroatoms. The maximum atomic E-state index is 8.80. The molecule has 0 saturated heterocycles. The Kier molecular flexibility index (Phi) is 9.29. The molecule has 0 unspecified atom stereocenters. The summed E-state index contributed by atoms with van der Waals surface area (Å²) < 4.78 is 0. The summed E-state index contributed by atoms with van der Waals surface area (Å²) in [6.45, 7) is 5.87. The zero-order valence-electron chi connectivity index (χ0n) is 19.4. The van der Waals surface area contributed by atoms with E-state index < -0.39 is 0 Å². The van der Waals surface area contributed by atoms with Gasteiger partial charge in [0.1, 0.15) is 0 Å². The van der Waals surface area contributed by atoms with Crippen molar-refractivity contribution in [2.24, 2.45) is 20.5 Å². The van der Waals surface area contributed by atoms with Crippen LogP contribution in [0.15, 0.2) is 93.3 Å². The molecule has 0 radical (unpaired) electrons. The highest BCUT2D eigenvalue weighted by molar-refractivity contribution is 5.53. The van der Waals surface area contributed by atoms with Gasteiger partial charge in [-0.25, -0.2) is 0 Å². The van der Waals surface area contributed by atoms with E-state index in [4.69, 9.17) is 5.26 Å². The molecule has 3 aromatic carbocycles. The summed E-state index contributed by atoms with van der Waals surface area (Å²) in [6.07, 6.45) is 4.02. The maximum Gasteiger partial charge on any atom is 0.0858 e. The lowest BCUT2D eigenvalue weighted by Gasteiger charge is -2.21. The Balaban J connectivity index is 1.56. The monoisotopic (exact) mass is 438 g/mol. The molecule has 0 aliphatic rings. The van der Waals surface area contributed by atoms with Crippen LogP contribution in [0.5, 0.6) is 0 Å². The van der Waals surface area contributed by atoms with Crippen molar-refractivity contribution in [2.45, 2.75) is 39.5 Å². The van der Waals surface area contributed by atoms with Gasteiger partial charge in [0.05, 0.1) is 35.2 Å². The van der Waals surface area contributed by atoms with Crippen LogP contribution in [-0.2, 0) is 6.42 Å². The van der Waals surface area contributed by atoms with Gasteiger partial charge in [0.2, 0.25) is 0 Å². The largest absolute Gasteiger partial charge is 0.371 e. The van der Waals surface area contributed by atoms with Crippen molar-refractivity contribution in [2.75, 3.05) is 18.0 Å².